The molecule has 0 radical (unpaired) electrons. The number of fused-ring (bicyclic) bond motifs is 1. The summed E-state index contributed by atoms with van der Waals surface area (Å²) in [7, 11) is 0. The first kappa shape index (κ1) is 12.2. The number of nitrogens with zero attached hydrogens (tertiary/aromatic N) is 1. The van der Waals surface area contributed by atoms with Gasteiger partial charge in [0.05, 0.1) is 16.3 Å². The van der Waals surface area contributed by atoms with Gasteiger partial charge in [-0.25, -0.2) is 0 Å². The van der Waals surface area contributed by atoms with E-state index in [9.17, 15) is 9.59 Å². The van der Waals surface area contributed by atoms with E-state index in [0.717, 1.165) is 18.2 Å². The van der Waals surface area contributed by atoms with Crippen molar-refractivity contribution in [1.82, 2.24) is 0 Å². The van der Waals surface area contributed by atoms with Crippen molar-refractivity contribution in [3.8, 4) is 0 Å². The molecular weight excluding hydrogens is 318 g/mol. The molecule has 1 aliphatic heterocycles. The Hall–Kier alpha value is -0.870. The van der Waals surface area contributed by atoms with Crippen LogP contribution in [0.4, 0.5) is 5.69 Å². The van der Waals surface area contributed by atoms with Crippen molar-refractivity contribution >= 4 is 44.9 Å². The standard InChI is InChI=1S/C13H11BrClNO2/c14-6-13(4-5-13)7-16-9-3-1-2-8(15)10(9)11(17)12(16)18/h1-3H,4-7H2. The molecule has 1 heterocycles. The summed E-state index contributed by atoms with van der Waals surface area (Å²) in [4.78, 5) is 25.6. The lowest BCUT2D eigenvalue weighted by atomic mass is 10.1. The average molecular weight is 329 g/mol. The number of halogens is 2. The topological polar surface area (TPSA) is 37.4 Å². The third kappa shape index (κ3) is 1.70. The summed E-state index contributed by atoms with van der Waals surface area (Å²) in [6, 6.07) is 5.20. The minimum absolute atomic E-state index is 0.139. The van der Waals surface area contributed by atoms with Crippen LogP contribution in [0, 0.1) is 5.41 Å². The lowest BCUT2D eigenvalue weighted by Gasteiger charge is -2.22. The van der Waals surface area contributed by atoms with Crippen LogP contribution in [0.15, 0.2) is 18.2 Å². The molecule has 0 aromatic heterocycles. The maximum Gasteiger partial charge on any atom is 0.299 e. The summed E-state index contributed by atoms with van der Waals surface area (Å²) >= 11 is 9.49. The largest absolute Gasteiger partial charge is 0.304 e. The van der Waals surface area contributed by atoms with Crippen LogP contribution in [-0.4, -0.2) is 23.6 Å². The van der Waals surface area contributed by atoms with Gasteiger partial charge in [0.1, 0.15) is 0 Å². The average Bonchev–Trinajstić information content (AvgIpc) is 3.10. The summed E-state index contributed by atoms with van der Waals surface area (Å²) in [5.74, 6) is -0.939. The van der Waals surface area contributed by atoms with Crippen LogP contribution in [0.25, 0.3) is 0 Å². The second kappa shape index (κ2) is 4.07. The zero-order valence-electron chi connectivity index (χ0n) is 9.58. The first-order valence-corrected chi connectivity index (χ1v) is 7.29. The van der Waals surface area contributed by atoms with E-state index >= 15 is 0 Å². The predicted molar refractivity (Wildman–Crippen MR) is 73.6 cm³/mol. The second-order valence-corrected chi connectivity index (χ2v) is 5.96. The molecule has 0 unspecified atom stereocenters. The Morgan fingerprint density at radius 2 is 2.06 bits per heavy atom. The van der Waals surface area contributed by atoms with E-state index in [1.807, 2.05) is 0 Å². The minimum Gasteiger partial charge on any atom is -0.304 e. The molecule has 1 aliphatic carbocycles. The summed E-state index contributed by atoms with van der Waals surface area (Å²) in [5.41, 5.74) is 1.15. The van der Waals surface area contributed by atoms with Gasteiger partial charge in [-0.15, -0.1) is 0 Å². The molecule has 3 rings (SSSR count). The minimum atomic E-state index is -0.485. The molecule has 1 aromatic rings. The van der Waals surface area contributed by atoms with Crippen molar-refractivity contribution in [2.45, 2.75) is 12.8 Å². The van der Waals surface area contributed by atoms with Crippen molar-refractivity contribution in [3.05, 3.63) is 28.8 Å². The molecule has 1 saturated carbocycles. The predicted octanol–water partition coefficient (Wildman–Crippen LogP) is 3.04. The summed E-state index contributed by atoms with van der Waals surface area (Å²) in [6.07, 6.45) is 2.18. The Labute approximate surface area is 118 Å². The quantitative estimate of drug-likeness (QED) is 0.632. The fourth-order valence-electron chi connectivity index (χ4n) is 2.30. The zero-order valence-corrected chi connectivity index (χ0v) is 11.9. The van der Waals surface area contributed by atoms with Gasteiger partial charge < -0.3 is 4.90 Å². The van der Waals surface area contributed by atoms with Gasteiger partial charge in [-0.1, -0.05) is 33.6 Å². The molecule has 2 aliphatic rings. The van der Waals surface area contributed by atoms with Gasteiger partial charge in [0.2, 0.25) is 0 Å². The van der Waals surface area contributed by atoms with Gasteiger partial charge in [-0.05, 0) is 30.4 Å². The molecule has 0 N–H and O–H groups in total. The van der Waals surface area contributed by atoms with Gasteiger partial charge in [0.25, 0.3) is 11.7 Å². The van der Waals surface area contributed by atoms with Crippen molar-refractivity contribution < 1.29 is 9.59 Å². The molecule has 5 heteroatoms. The van der Waals surface area contributed by atoms with Gasteiger partial charge in [-0.3, -0.25) is 9.59 Å². The Morgan fingerprint density at radius 1 is 1.33 bits per heavy atom. The molecular formula is C13H11BrClNO2. The fraction of sp³-hybridized carbons (Fsp3) is 0.385. The highest BCUT2D eigenvalue weighted by atomic mass is 79.9. The number of rotatable bonds is 3. The van der Waals surface area contributed by atoms with E-state index in [-0.39, 0.29) is 5.41 Å². The molecule has 1 amide bonds. The van der Waals surface area contributed by atoms with Crippen LogP contribution < -0.4 is 4.90 Å². The first-order valence-electron chi connectivity index (χ1n) is 5.79. The van der Waals surface area contributed by atoms with Gasteiger partial charge in [0, 0.05) is 11.9 Å². The monoisotopic (exact) mass is 327 g/mol. The van der Waals surface area contributed by atoms with Crippen molar-refractivity contribution in [2.24, 2.45) is 5.41 Å². The summed E-state index contributed by atoms with van der Waals surface area (Å²) < 4.78 is 0. The molecule has 1 fully saturated rings. The number of hydrogen-bond donors (Lipinski definition) is 0. The Morgan fingerprint density at radius 3 is 2.67 bits per heavy atom. The number of carbonyl (C=O) groups excluding carboxylic acids is 2. The highest BCUT2D eigenvalue weighted by Gasteiger charge is 2.47. The molecule has 1 aromatic carbocycles. The van der Waals surface area contributed by atoms with E-state index < -0.39 is 11.7 Å². The normalized spacial score (nSPS) is 20.2. The molecule has 18 heavy (non-hydrogen) atoms. The van der Waals surface area contributed by atoms with Crippen LogP contribution in [-0.2, 0) is 4.79 Å². The fourth-order valence-corrected chi connectivity index (χ4v) is 3.30. The number of ketones is 1. The highest BCUT2D eigenvalue weighted by Crippen LogP contribution is 2.49. The van der Waals surface area contributed by atoms with Gasteiger partial charge in [0.15, 0.2) is 0 Å². The van der Waals surface area contributed by atoms with E-state index in [1.165, 1.54) is 0 Å². The molecule has 0 atom stereocenters. The van der Waals surface area contributed by atoms with E-state index in [2.05, 4.69) is 15.9 Å². The molecule has 0 spiro atoms. The lowest BCUT2D eigenvalue weighted by Crippen LogP contribution is -2.35. The van der Waals surface area contributed by atoms with Crippen molar-refractivity contribution in [3.63, 3.8) is 0 Å². The SMILES string of the molecule is O=C1C(=O)N(CC2(CBr)CC2)c2cccc(Cl)c21. The number of carbonyl (C=O) groups is 2. The number of Topliss-reactive ketones (excluding diaryl/α,β-unsaturated/α-hetero) is 1. The number of alkyl halides is 1. The lowest BCUT2D eigenvalue weighted by molar-refractivity contribution is -0.114. The molecule has 0 bridgehead atoms. The van der Waals surface area contributed by atoms with Crippen molar-refractivity contribution in [2.75, 3.05) is 16.8 Å². The maximum absolute atomic E-state index is 12.0. The Bertz CT molecular complexity index is 554. The number of anilines is 1. The van der Waals surface area contributed by atoms with Crippen LogP contribution in [0.5, 0.6) is 0 Å². The Balaban J connectivity index is 2.00. The summed E-state index contributed by atoms with van der Waals surface area (Å²) in [5, 5.41) is 1.21. The van der Waals surface area contributed by atoms with Crippen LogP contribution >= 0.6 is 27.5 Å². The third-order valence-corrected chi connectivity index (χ3v) is 5.19. The third-order valence-electron chi connectivity index (χ3n) is 3.68. The maximum atomic E-state index is 12.0. The van der Waals surface area contributed by atoms with Crippen LogP contribution in [0.3, 0.4) is 0 Å². The second-order valence-electron chi connectivity index (χ2n) is 4.99. The summed E-state index contributed by atoms with van der Waals surface area (Å²) in [6.45, 7) is 0.593. The molecule has 94 valence electrons. The zero-order chi connectivity index (χ0) is 12.9. The van der Waals surface area contributed by atoms with Crippen LogP contribution in [0.2, 0.25) is 5.02 Å². The first-order chi connectivity index (χ1) is 8.58. The number of amides is 1. The van der Waals surface area contributed by atoms with E-state index in [1.54, 1.807) is 23.1 Å². The van der Waals surface area contributed by atoms with Crippen LogP contribution in [0.1, 0.15) is 23.2 Å². The Kier molecular flexibility index (Phi) is 2.75. The number of hydrogen-bond acceptors (Lipinski definition) is 2. The van der Waals surface area contributed by atoms with Crippen molar-refractivity contribution in [1.29, 1.82) is 0 Å². The molecule has 3 nitrogen and oxygen atoms in total. The number of benzene rings is 1. The van der Waals surface area contributed by atoms with E-state index in [4.69, 9.17) is 11.6 Å². The van der Waals surface area contributed by atoms with E-state index in [0.29, 0.717) is 22.8 Å². The van der Waals surface area contributed by atoms with Gasteiger partial charge >= 0.3 is 0 Å². The van der Waals surface area contributed by atoms with Gasteiger partial charge in [-0.2, -0.15) is 0 Å². The smallest absolute Gasteiger partial charge is 0.299 e. The highest BCUT2D eigenvalue weighted by molar-refractivity contribution is 9.09. The molecule has 0 saturated heterocycles.